The molecule has 1 saturated heterocycles. The van der Waals surface area contributed by atoms with Crippen LogP contribution in [0.1, 0.15) is 30.0 Å². The molecule has 1 atom stereocenters. The van der Waals surface area contributed by atoms with Gasteiger partial charge in [-0.05, 0) is 35.2 Å². The monoisotopic (exact) mass is 531 g/mol. The lowest BCUT2D eigenvalue weighted by atomic mass is 10.1. The molecule has 1 unspecified atom stereocenters. The molecule has 1 heterocycles. The zero-order valence-electron chi connectivity index (χ0n) is 22.7. The summed E-state index contributed by atoms with van der Waals surface area (Å²) in [5, 5.41) is 2.76. The number of piperazine rings is 1. The number of ether oxygens (including phenoxy) is 3. The van der Waals surface area contributed by atoms with Gasteiger partial charge in [0.1, 0.15) is 6.61 Å². The van der Waals surface area contributed by atoms with Gasteiger partial charge in [0.05, 0.1) is 7.11 Å². The standard InChI is InChI=1S/C31H37N3O5/c1-3-27(30(35)34-18-16-33(17-19-34)22-24-10-6-4-7-11-24)39-29-20-26(14-15-28(29)37-2)21-32-31(36)38-23-25-12-8-5-9-13-25/h4-15,20,27H,3,16-19,21-23H2,1-2H3,(H,32,36). The van der Waals surface area contributed by atoms with E-state index in [1.807, 2.05) is 54.3 Å². The number of carbonyl (C=O) groups excluding carboxylic acids is 2. The molecule has 1 N–H and O–H groups in total. The lowest BCUT2D eigenvalue weighted by molar-refractivity contribution is -0.140. The first-order valence-corrected chi connectivity index (χ1v) is 13.4. The predicted octanol–water partition coefficient (Wildman–Crippen LogP) is 4.62. The average molecular weight is 532 g/mol. The fourth-order valence-electron chi connectivity index (χ4n) is 4.50. The van der Waals surface area contributed by atoms with Gasteiger partial charge in [0.15, 0.2) is 17.6 Å². The zero-order chi connectivity index (χ0) is 27.5. The van der Waals surface area contributed by atoms with Crippen molar-refractivity contribution in [1.29, 1.82) is 0 Å². The van der Waals surface area contributed by atoms with Crippen molar-refractivity contribution in [2.24, 2.45) is 0 Å². The summed E-state index contributed by atoms with van der Waals surface area (Å²) in [7, 11) is 1.57. The van der Waals surface area contributed by atoms with E-state index >= 15 is 0 Å². The van der Waals surface area contributed by atoms with Gasteiger partial charge < -0.3 is 24.4 Å². The minimum atomic E-state index is -0.626. The van der Waals surface area contributed by atoms with Gasteiger partial charge in [-0.25, -0.2) is 4.79 Å². The number of methoxy groups -OCH3 is 1. The normalized spacial score (nSPS) is 14.4. The molecular weight excluding hydrogens is 494 g/mol. The fourth-order valence-corrected chi connectivity index (χ4v) is 4.50. The fraction of sp³-hybridized carbons (Fsp3) is 0.355. The van der Waals surface area contributed by atoms with E-state index in [9.17, 15) is 9.59 Å². The molecule has 0 aromatic heterocycles. The maximum absolute atomic E-state index is 13.4. The Labute approximate surface area is 230 Å². The van der Waals surface area contributed by atoms with Crippen LogP contribution in [-0.2, 0) is 29.2 Å². The number of alkyl carbamates (subject to hydrolysis) is 1. The van der Waals surface area contributed by atoms with Crippen molar-refractivity contribution in [1.82, 2.24) is 15.1 Å². The van der Waals surface area contributed by atoms with Crippen molar-refractivity contribution in [3.8, 4) is 11.5 Å². The number of benzene rings is 3. The van der Waals surface area contributed by atoms with Crippen molar-refractivity contribution >= 4 is 12.0 Å². The van der Waals surface area contributed by atoms with Crippen LogP contribution in [0.5, 0.6) is 11.5 Å². The summed E-state index contributed by atoms with van der Waals surface area (Å²) in [6, 6.07) is 25.3. The molecule has 4 rings (SSSR count). The third-order valence-corrected chi connectivity index (χ3v) is 6.73. The van der Waals surface area contributed by atoms with Gasteiger partial charge in [-0.1, -0.05) is 73.7 Å². The highest BCUT2D eigenvalue weighted by Gasteiger charge is 2.28. The Bertz CT molecular complexity index is 1200. The zero-order valence-corrected chi connectivity index (χ0v) is 22.7. The third kappa shape index (κ3) is 8.22. The van der Waals surface area contributed by atoms with Gasteiger partial charge in [-0.3, -0.25) is 9.69 Å². The molecule has 1 aliphatic heterocycles. The lowest BCUT2D eigenvalue weighted by Gasteiger charge is -2.36. The third-order valence-electron chi connectivity index (χ3n) is 6.73. The second-order valence-corrected chi connectivity index (χ2v) is 9.50. The number of rotatable bonds is 11. The van der Waals surface area contributed by atoms with E-state index in [2.05, 4.69) is 34.5 Å². The minimum absolute atomic E-state index is 0.0214. The number of nitrogens with zero attached hydrogens (tertiary/aromatic N) is 2. The molecule has 0 spiro atoms. The average Bonchev–Trinajstić information content (AvgIpc) is 2.99. The largest absolute Gasteiger partial charge is 0.493 e. The second-order valence-electron chi connectivity index (χ2n) is 9.50. The van der Waals surface area contributed by atoms with Gasteiger partial charge in [-0.15, -0.1) is 0 Å². The van der Waals surface area contributed by atoms with Crippen molar-refractivity contribution in [3.63, 3.8) is 0 Å². The van der Waals surface area contributed by atoms with E-state index in [0.717, 1.165) is 30.8 Å². The number of carbonyl (C=O) groups is 2. The Morgan fingerprint density at radius 1 is 0.846 bits per heavy atom. The maximum Gasteiger partial charge on any atom is 0.407 e. The Morgan fingerprint density at radius 3 is 2.15 bits per heavy atom. The van der Waals surface area contributed by atoms with Crippen molar-refractivity contribution in [2.75, 3.05) is 33.3 Å². The molecule has 1 fully saturated rings. The van der Waals surface area contributed by atoms with Gasteiger partial charge in [0, 0.05) is 39.3 Å². The Hall–Kier alpha value is -4.04. The molecule has 39 heavy (non-hydrogen) atoms. The number of amides is 2. The Morgan fingerprint density at radius 2 is 1.51 bits per heavy atom. The highest BCUT2D eigenvalue weighted by atomic mass is 16.5. The van der Waals surface area contributed by atoms with Crippen molar-refractivity contribution in [2.45, 2.75) is 39.1 Å². The van der Waals surface area contributed by atoms with E-state index in [-0.39, 0.29) is 19.1 Å². The van der Waals surface area contributed by atoms with Crippen LogP contribution >= 0.6 is 0 Å². The lowest BCUT2D eigenvalue weighted by Crippen LogP contribution is -2.52. The Balaban J connectivity index is 1.30. The molecule has 0 saturated carbocycles. The van der Waals surface area contributed by atoms with Crippen LogP contribution in [0, 0.1) is 0 Å². The molecule has 0 bridgehead atoms. The van der Waals surface area contributed by atoms with Crippen LogP contribution in [-0.4, -0.2) is 61.2 Å². The van der Waals surface area contributed by atoms with E-state index in [1.165, 1.54) is 5.56 Å². The maximum atomic E-state index is 13.4. The molecule has 0 radical (unpaired) electrons. The molecule has 8 nitrogen and oxygen atoms in total. The number of nitrogens with one attached hydrogen (secondary N) is 1. The molecule has 3 aromatic carbocycles. The van der Waals surface area contributed by atoms with Crippen LogP contribution in [0.4, 0.5) is 4.79 Å². The molecule has 0 aliphatic carbocycles. The summed E-state index contributed by atoms with van der Waals surface area (Å²) in [6.07, 6.45) is -0.607. The van der Waals surface area contributed by atoms with Crippen LogP contribution in [0.2, 0.25) is 0 Å². The van der Waals surface area contributed by atoms with Crippen LogP contribution in [0.25, 0.3) is 0 Å². The van der Waals surface area contributed by atoms with Gasteiger partial charge in [-0.2, -0.15) is 0 Å². The van der Waals surface area contributed by atoms with E-state index in [1.54, 1.807) is 19.2 Å². The summed E-state index contributed by atoms with van der Waals surface area (Å²) in [5.41, 5.74) is 3.00. The van der Waals surface area contributed by atoms with E-state index < -0.39 is 12.2 Å². The molecule has 3 aromatic rings. The highest BCUT2D eigenvalue weighted by molar-refractivity contribution is 5.81. The molecule has 2 amide bonds. The summed E-state index contributed by atoms with van der Waals surface area (Å²) < 4.78 is 17.0. The topological polar surface area (TPSA) is 80.3 Å². The van der Waals surface area contributed by atoms with Crippen LogP contribution < -0.4 is 14.8 Å². The van der Waals surface area contributed by atoms with Gasteiger partial charge >= 0.3 is 6.09 Å². The molecule has 206 valence electrons. The van der Waals surface area contributed by atoms with Gasteiger partial charge in [0.25, 0.3) is 5.91 Å². The first-order chi connectivity index (χ1) is 19.1. The SMILES string of the molecule is CCC(Oc1cc(CNC(=O)OCc2ccccc2)ccc1OC)C(=O)N1CCN(Cc2ccccc2)CC1. The minimum Gasteiger partial charge on any atom is -0.493 e. The first kappa shape index (κ1) is 28.0. The molecule has 1 aliphatic rings. The van der Waals surface area contributed by atoms with Crippen molar-refractivity contribution < 1.29 is 23.8 Å². The summed E-state index contributed by atoms with van der Waals surface area (Å²) in [4.78, 5) is 29.8. The quantitative estimate of drug-likeness (QED) is 0.389. The number of hydrogen-bond acceptors (Lipinski definition) is 6. The van der Waals surface area contributed by atoms with Crippen molar-refractivity contribution in [3.05, 3.63) is 95.6 Å². The summed E-state index contributed by atoms with van der Waals surface area (Å²) >= 11 is 0. The molecular formula is C31H37N3O5. The second kappa shape index (κ2) is 14.2. The van der Waals surface area contributed by atoms with E-state index in [0.29, 0.717) is 31.0 Å². The highest BCUT2D eigenvalue weighted by Crippen LogP contribution is 2.30. The Kier molecular flexibility index (Phi) is 10.2. The smallest absolute Gasteiger partial charge is 0.407 e. The van der Waals surface area contributed by atoms with Gasteiger partial charge in [0.2, 0.25) is 0 Å². The predicted molar refractivity (Wildman–Crippen MR) is 149 cm³/mol. The number of hydrogen-bond donors (Lipinski definition) is 1. The van der Waals surface area contributed by atoms with Crippen LogP contribution in [0.15, 0.2) is 78.9 Å². The first-order valence-electron chi connectivity index (χ1n) is 13.4. The summed E-state index contributed by atoms with van der Waals surface area (Å²) in [5.74, 6) is 0.980. The summed E-state index contributed by atoms with van der Waals surface area (Å²) in [6.45, 7) is 6.25. The van der Waals surface area contributed by atoms with E-state index in [4.69, 9.17) is 14.2 Å². The molecule has 8 heteroatoms. The van der Waals surface area contributed by atoms with Crippen LogP contribution in [0.3, 0.4) is 0 Å².